The number of carbonyl (C=O) groups is 1. The molecule has 160 valence electrons. The third kappa shape index (κ3) is 3.20. The van der Waals surface area contributed by atoms with Crippen LogP contribution in [0.2, 0.25) is 5.02 Å². The molecule has 0 aliphatic carbocycles. The summed E-state index contributed by atoms with van der Waals surface area (Å²) >= 11 is 6.11. The lowest BCUT2D eigenvalue weighted by Crippen LogP contribution is -2.29. The molecule has 1 aliphatic heterocycles. The molecule has 3 aromatic carbocycles. The molecule has 7 heteroatoms. The van der Waals surface area contributed by atoms with Gasteiger partial charge in [-0.15, -0.1) is 0 Å². The van der Waals surface area contributed by atoms with Crippen LogP contribution in [0.25, 0.3) is 11.3 Å². The average Bonchev–Trinajstić information content (AvgIpc) is 3.39. The van der Waals surface area contributed by atoms with Crippen molar-refractivity contribution in [3.63, 3.8) is 0 Å². The third-order valence-electron chi connectivity index (χ3n) is 5.65. The van der Waals surface area contributed by atoms with Crippen LogP contribution in [0.1, 0.15) is 27.7 Å². The summed E-state index contributed by atoms with van der Waals surface area (Å²) in [5.74, 6) is 1.14. The minimum Gasteiger partial charge on any atom is -0.497 e. The number of rotatable bonds is 5. The lowest BCUT2D eigenvalue weighted by Gasteiger charge is -2.28. The molecule has 1 aliphatic rings. The van der Waals surface area contributed by atoms with E-state index in [2.05, 4.69) is 10.2 Å². The topological polar surface area (TPSA) is 67.5 Å². The lowest BCUT2D eigenvalue weighted by atomic mass is 9.95. The van der Waals surface area contributed by atoms with Crippen molar-refractivity contribution in [3.8, 4) is 22.8 Å². The number of carbonyl (C=O) groups excluding carboxylic acids is 1. The van der Waals surface area contributed by atoms with Gasteiger partial charge in [-0.3, -0.25) is 14.8 Å². The number of anilines is 1. The fraction of sp³-hybridized carbons (Fsp3) is 0.120. The first kappa shape index (κ1) is 20.2. The minimum atomic E-state index is -0.474. The largest absolute Gasteiger partial charge is 0.497 e. The Balaban J connectivity index is 1.77. The summed E-state index contributed by atoms with van der Waals surface area (Å²) in [5, 5.41) is 8.08. The lowest BCUT2D eigenvalue weighted by molar-refractivity contribution is 0.0988. The average molecular weight is 446 g/mol. The van der Waals surface area contributed by atoms with Crippen molar-refractivity contribution in [2.24, 2.45) is 0 Å². The fourth-order valence-electron chi connectivity index (χ4n) is 4.18. The Morgan fingerprint density at radius 1 is 0.969 bits per heavy atom. The van der Waals surface area contributed by atoms with E-state index >= 15 is 0 Å². The number of H-pyrrole nitrogens is 1. The van der Waals surface area contributed by atoms with Crippen LogP contribution in [-0.4, -0.2) is 30.3 Å². The van der Waals surface area contributed by atoms with Crippen LogP contribution in [0.5, 0.6) is 11.5 Å². The van der Waals surface area contributed by atoms with E-state index in [1.165, 1.54) is 0 Å². The summed E-state index contributed by atoms with van der Waals surface area (Å²) in [6, 6.07) is 22.1. The predicted molar refractivity (Wildman–Crippen MR) is 124 cm³/mol. The van der Waals surface area contributed by atoms with Crippen LogP contribution in [-0.2, 0) is 0 Å². The summed E-state index contributed by atoms with van der Waals surface area (Å²) in [6.45, 7) is 0. The molecule has 0 saturated heterocycles. The highest BCUT2D eigenvalue weighted by Crippen LogP contribution is 2.48. The maximum absolute atomic E-state index is 13.6. The molecular weight excluding hydrogens is 426 g/mol. The number of aromatic amines is 1. The first-order valence-corrected chi connectivity index (χ1v) is 10.4. The van der Waals surface area contributed by atoms with Gasteiger partial charge in [0.05, 0.1) is 26.0 Å². The van der Waals surface area contributed by atoms with Gasteiger partial charge in [0.2, 0.25) is 0 Å². The number of ether oxygens (including phenoxy) is 2. The van der Waals surface area contributed by atoms with Gasteiger partial charge in [-0.1, -0.05) is 41.9 Å². The van der Waals surface area contributed by atoms with E-state index in [-0.39, 0.29) is 5.91 Å². The number of nitrogens with zero attached hydrogens (tertiary/aromatic N) is 2. The summed E-state index contributed by atoms with van der Waals surface area (Å²) in [7, 11) is 3.23. The summed E-state index contributed by atoms with van der Waals surface area (Å²) in [6.07, 6.45) is 0. The van der Waals surface area contributed by atoms with Gasteiger partial charge >= 0.3 is 0 Å². The Hall–Kier alpha value is -3.77. The monoisotopic (exact) mass is 445 g/mol. The first-order chi connectivity index (χ1) is 15.6. The van der Waals surface area contributed by atoms with Gasteiger partial charge in [0.25, 0.3) is 5.91 Å². The molecule has 32 heavy (non-hydrogen) atoms. The van der Waals surface area contributed by atoms with Gasteiger partial charge < -0.3 is 9.47 Å². The van der Waals surface area contributed by atoms with Gasteiger partial charge in [-0.05, 0) is 42.5 Å². The van der Waals surface area contributed by atoms with Crippen LogP contribution >= 0.6 is 11.6 Å². The highest BCUT2D eigenvalue weighted by molar-refractivity contribution is 6.30. The molecule has 6 nitrogen and oxygen atoms in total. The highest BCUT2D eigenvalue weighted by atomic mass is 35.5. The van der Waals surface area contributed by atoms with Gasteiger partial charge in [-0.2, -0.15) is 5.10 Å². The highest BCUT2D eigenvalue weighted by Gasteiger charge is 2.44. The van der Waals surface area contributed by atoms with Gasteiger partial charge in [-0.25, -0.2) is 0 Å². The number of amides is 1. The number of nitrogens with one attached hydrogen (secondary N) is 1. The van der Waals surface area contributed by atoms with E-state index in [9.17, 15) is 4.79 Å². The summed E-state index contributed by atoms with van der Waals surface area (Å²) < 4.78 is 11.2. The zero-order valence-corrected chi connectivity index (χ0v) is 18.3. The molecule has 1 amide bonds. The van der Waals surface area contributed by atoms with Crippen molar-refractivity contribution in [1.29, 1.82) is 0 Å². The van der Waals surface area contributed by atoms with E-state index in [4.69, 9.17) is 21.1 Å². The van der Waals surface area contributed by atoms with Crippen molar-refractivity contribution in [2.45, 2.75) is 6.04 Å². The number of hydrogen-bond acceptors (Lipinski definition) is 4. The van der Waals surface area contributed by atoms with Crippen molar-refractivity contribution >= 4 is 23.2 Å². The summed E-state index contributed by atoms with van der Waals surface area (Å²) in [5.41, 5.74) is 4.41. The third-order valence-corrected chi connectivity index (χ3v) is 5.90. The van der Waals surface area contributed by atoms with Crippen LogP contribution in [0, 0.1) is 0 Å². The van der Waals surface area contributed by atoms with Gasteiger partial charge in [0.1, 0.15) is 17.2 Å². The van der Waals surface area contributed by atoms with E-state index in [0.717, 1.165) is 28.1 Å². The molecule has 0 fully saturated rings. The molecule has 0 bridgehead atoms. The van der Waals surface area contributed by atoms with Gasteiger partial charge in [0, 0.05) is 27.4 Å². The quantitative estimate of drug-likeness (QED) is 0.440. The SMILES string of the molecule is COc1ccc(OC)c([C@@H]2c3c(-c4ccccc4)n[nH]c3C(=O)N2c2ccc(Cl)cc2)c1. The molecular formula is C25H20ClN3O3. The first-order valence-electron chi connectivity index (χ1n) is 10.1. The molecule has 4 aromatic rings. The van der Waals surface area contributed by atoms with Crippen LogP contribution < -0.4 is 14.4 Å². The van der Waals surface area contributed by atoms with E-state index < -0.39 is 6.04 Å². The van der Waals surface area contributed by atoms with Gasteiger partial charge in [0.15, 0.2) is 0 Å². The van der Waals surface area contributed by atoms with Crippen molar-refractivity contribution in [3.05, 3.63) is 94.6 Å². The Morgan fingerprint density at radius 2 is 1.72 bits per heavy atom. The molecule has 0 radical (unpaired) electrons. The molecule has 0 saturated carbocycles. The molecule has 1 aromatic heterocycles. The molecule has 0 spiro atoms. The van der Waals surface area contributed by atoms with E-state index in [0.29, 0.717) is 22.2 Å². The Morgan fingerprint density at radius 3 is 2.41 bits per heavy atom. The van der Waals surface area contributed by atoms with Crippen LogP contribution in [0.4, 0.5) is 5.69 Å². The second kappa shape index (κ2) is 8.05. The zero-order chi connectivity index (χ0) is 22.2. The number of hydrogen-bond donors (Lipinski definition) is 1. The maximum atomic E-state index is 13.6. The zero-order valence-electron chi connectivity index (χ0n) is 17.5. The van der Waals surface area contributed by atoms with Crippen molar-refractivity contribution < 1.29 is 14.3 Å². The molecule has 5 rings (SSSR count). The Kier molecular flexibility index (Phi) is 5.07. The van der Waals surface area contributed by atoms with Crippen molar-refractivity contribution in [1.82, 2.24) is 10.2 Å². The minimum absolute atomic E-state index is 0.174. The van der Waals surface area contributed by atoms with Crippen LogP contribution in [0.3, 0.4) is 0 Å². The smallest absolute Gasteiger partial charge is 0.277 e. The number of methoxy groups -OCH3 is 2. The van der Waals surface area contributed by atoms with E-state index in [1.807, 2.05) is 60.7 Å². The maximum Gasteiger partial charge on any atom is 0.277 e. The second-order valence-corrected chi connectivity index (χ2v) is 7.83. The molecule has 0 unspecified atom stereocenters. The number of fused-ring (bicyclic) bond motifs is 1. The second-order valence-electron chi connectivity index (χ2n) is 7.39. The standard InChI is InChI=1S/C25H20ClN3O3/c1-31-18-12-13-20(32-2)19(14-18)24-21-22(15-6-4-3-5-7-15)27-28-23(21)25(30)29(24)17-10-8-16(26)9-11-17/h3-14,24H,1-2H3,(H,27,28)/t24-/m1/s1. The van der Waals surface area contributed by atoms with Crippen molar-refractivity contribution in [2.75, 3.05) is 19.1 Å². The Labute approximate surface area is 190 Å². The molecule has 1 N–H and O–H groups in total. The molecule has 2 heterocycles. The summed E-state index contributed by atoms with van der Waals surface area (Å²) in [4.78, 5) is 15.4. The number of aromatic nitrogens is 2. The number of benzene rings is 3. The number of halogens is 1. The Bertz CT molecular complexity index is 1290. The predicted octanol–water partition coefficient (Wildman–Crippen LogP) is 5.50. The fourth-order valence-corrected chi connectivity index (χ4v) is 4.30. The molecule has 1 atom stereocenters. The van der Waals surface area contributed by atoms with Crippen LogP contribution in [0.15, 0.2) is 72.8 Å². The normalized spacial score (nSPS) is 15.0. The van der Waals surface area contributed by atoms with E-state index in [1.54, 1.807) is 31.3 Å².